The van der Waals surface area contributed by atoms with Crippen molar-refractivity contribution in [2.45, 2.75) is 18.9 Å². The maximum Gasteiger partial charge on any atom is 0.327 e. The van der Waals surface area contributed by atoms with Crippen molar-refractivity contribution < 1.29 is 14.3 Å². The Morgan fingerprint density at radius 3 is 2.71 bits per heavy atom. The predicted octanol–water partition coefficient (Wildman–Crippen LogP) is 1.58. The van der Waals surface area contributed by atoms with Crippen molar-refractivity contribution in [2.75, 3.05) is 33.9 Å². The van der Waals surface area contributed by atoms with Gasteiger partial charge in [0.05, 0.1) is 13.7 Å². The number of ether oxygens (including phenoxy) is 2. The number of hydrogen-bond acceptors (Lipinski definition) is 5. The molecule has 5 heteroatoms. The third kappa shape index (κ3) is 4.19. The summed E-state index contributed by atoms with van der Waals surface area (Å²) < 4.78 is 10.6. The monoisotopic (exact) mass is 292 g/mol. The second-order valence-corrected chi connectivity index (χ2v) is 5.60. The van der Waals surface area contributed by atoms with Crippen molar-refractivity contribution in [1.29, 1.82) is 0 Å². The second-order valence-electron chi connectivity index (χ2n) is 5.60. The quantitative estimate of drug-likeness (QED) is 0.835. The molecule has 1 saturated heterocycles. The minimum absolute atomic E-state index is 0.390. The Hall–Kier alpha value is -1.59. The van der Waals surface area contributed by atoms with Crippen molar-refractivity contribution in [2.24, 2.45) is 11.7 Å². The number of nitrogens with two attached hydrogens (primary N) is 1. The summed E-state index contributed by atoms with van der Waals surface area (Å²) in [6.07, 6.45) is 2.13. The van der Waals surface area contributed by atoms with Gasteiger partial charge in [0.25, 0.3) is 0 Å². The van der Waals surface area contributed by atoms with E-state index in [-0.39, 0.29) is 0 Å². The van der Waals surface area contributed by atoms with Crippen LogP contribution >= 0.6 is 0 Å². The molecule has 5 nitrogen and oxygen atoms in total. The van der Waals surface area contributed by atoms with Crippen molar-refractivity contribution in [3.63, 3.8) is 0 Å². The van der Waals surface area contributed by atoms with E-state index in [4.69, 9.17) is 15.2 Å². The van der Waals surface area contributed by atoms with Crippen LogP contribution in [0.25, 0.3) is 0 Å². The van der Waals surface area contributed by atoms with Crippen molar-refractivity contribution >= 4 is 5.97 Å². The number of likely N-dealkylation sites (tertiary alicyclic amines) is 1. The number of esters is 1. The fraction of sp³-hybridized carbons (Fsp3) is 0.562. The first-order valence-corrected chi connectivity index (χ1v) is 7.35. The molecule has 1 atom stereocenters. The van der Waals surface area contributed by atoms with E-state index in [1.54, 1.807) is 19.2 Å². The Kier molecular flexibility index (Phi) is 5.59. The molecule has 2 rings (SSSR count). The maximum absolute atomic E-state index is 12.1. The van der Waals surface area contributed by atoms with Crippen LogP contribution in [0, 0.1) is 5.92 Å². The number of carbonyl (C=O) groups excluding carboxylic acids is 1. The lowest BCUT2D eigenvalue weighted by molar-refractivity contribution is -0.147. The second kappa shape index (κ2) is 7.43. The molecule has 1 aliphatic heterocycles. The van der Waals surface area contributed by atoms with E-state index >= 15 is 0 Å². The molecule has 1 aliphatic rings. The summed E-state index contributed by atoms with van der Waals surface area (Å²) in [5, 5.41) is 0. The van der Waals surface area contributed by atoms with Gasteiger partial charge in [-0.2, -0.15) is 0 Å². The molecule has 1 heterocycles. The number of benzene rings is 1. The lowest BCUT2D eigenvalue weighted by Crippen LogP contribution is -2.33. The molecular weight excluding hydrogens is 268 g/mol. The molecule has 2 N–H and O–H groups in total. The number of carbonyl (C=O) groups is 1. The predicted molar refractivity (Wildman–Crippen MR) is 81.1 cm³/mol. The first kappa shape index (κ1) is 15.8. The van der Waals surface area contributed by atoms with Crippen LogP contribution in [-0.2, 0) is 9.53 Å². The lowest BCUT2D eigenvalue weighted by atomic mass is 9.98. The van der Waals surface area contributed by atoms with Gasteiger partial charge in [0, 0.05) is 5.56 Å². The van der Waals surface area contributed by atoms with Gasteiger partial charge in [0.2, 0.25) is 0 Å². The van der Waals surface area contributed by atoms with Crippen LogP contribution in [0.15, 0.2) is 24.3 Å². The Balaban J connectivity index is 1.88. The number of para-hydroxylation sites is 1. The van der Waals surface area contributed by atoms with Gasteiger partial charge in [-0.1, -0.05) is 18.2 Å². The van der Waals surface area contributed by atoms with Gasteiger partial charge in [0.1, 0.15) is 11.8 Å². The highest BCUT2D eigenvalue weighted by Gasteiger charge is 2.23. The van der Waals surface area contributed by atoms with E-state index in [0.717, 1.165) is 25.9 Å². The Morgan fingerprint density at radius 1 is 1.38 bits per heavy atom. The fourth-order valence-electron chi connectivity index (χ4n) is 2.57. The van der Waals surface area contributed by atoms with Gasteiger partial charge in [0.15, 0.2) is 0 Å². The molecule has 21 heavy (non-hydrogen) atoms. The van der Waals surface area contributed by atoms with Gasteiger partial charge in [-0.15, -0.1) is 0 Å². The lowest BCUT2D eigenvalue weighted by Gasteiger charge is -2.28. The highest BCUT2D eigenvalue weighted by Crippen LogP contribution is 2.24. The number of methoxy groups -OCH3 is 1. The van der Waals surface area contributed by atoms with Gasteiger partial charge < -0.3 is 20.1 Å². The molecule has 0 amide bonds. The molecule has 1 aromatic rings. The first-order valence-electron chi connectivity index (χ1n) is 7.35. The van der Waals surface area contributed by atoms with E-state index in [9.17, 15) is 4.79 Å². The average Bonchev–Trinajstić information content (AvgIpc) is 2.53. The molecule has 116 valence electrons. The Bertz CT molecular complexity index is 470. The van der Waals surface area contributed by atoms with E-state index in [1.807, 2.05) is 12.1 Å². The summed E-state index contributed by atoms with van der Waals surface area (Å²) in [7, 11) is 3.68. The molecule has 0 bridgehead atoms. The van der Waals surface area contributed by atoms with E-state index in [0.29, 0.717) is 23.8 Å². The zero-order valence-corrected chi connectivity index (χ0v) is 12.7. The summed E-state index contributed by atoms with van der Waals surface area (Å²) >= 11 is 0. The van der Waals surface area contributed by atoms with Gasteiger partial charge in [-0.3, -0.25) is 0 Å². The molecule has 0 aromatic heterocycles. The van der Waals surface area contributed by atoms with E-state index in [2.05, 4.69) is 11.9 Å². The number of nitrogens with zero attached hydrogens (tertiary/aromatic N) is 1. The summed E-state index contributed by atoms with van der Waals surface area (Å²) in [5.41, 5.74) is 6.65. The van der Waals surface area contributed by atoms with Crippen LogP contribution < -0.4 is 10.5 Å². The SMILES string of the molecule is COc1ccccc1C(N)C(=O)OCC1CCN(C)CC1. The highest BCUT2D eigenvalue weighted by atomic mass is 16.5. The van der Waals surface area contributed by atoms with Crippen LogP contribution in [0.2, 0.25) is 0 Å². The summed E-state index contributed by atoms with van der Waals surface area (Å²) in [6.45, 7) is 2.57. The Labute approximate surface area is 126 Å². The van der Waals surface area contributed by atoms with Crippen molar-refractivity contribution in [3.05, 3.63) is 29.8 Å². The molecule has 0 radical (unpaired) electrons. The summed E-state index contributed by atoms with van der Waals surface area (Å²) in [5.74, 6) is 0.662. The molecule has 1 unspecified atom stereocenters. The van der Waals surface area contributed by atoms with Gasteiger partial charge in [-0.05, 0) is 45.0 Å². The molecule has 1 aromatic carbocycles. The average molecular weight is 292 g/mol. The maximum atomic E-state index is 12.1. The zero-order valence-electron chi connectivity index (χ0n) is 12.7. The third-order valence-electron chi connectivity index (χ3n) is 4.03. The smallest absolute Gasteiger partial charge is 0.327 e. The van der Waals surface area contributed by atoms with Crippen LogP contribution in [0.4, 0.5) is 0 Å². The van der Waals surface area contributed by atoms with Crippen molar-refractivity contribution in [1.82, 2.24) is 4.90 Å². The van der Waals surface area contributed by atoms with Crippen LogP contribution in [0.1, 0.15) is 24.4 Å². The minimum atomic E-state index is -0.799. The minimum Gasteiger partial charge on any atom is -0.496 e. The van der Waals surface area contributed by atoms with Crippen LogP contribution in [0.5, 0.6) is 5.75 Å². The van der Waals surface area contributed by atoms with Crippen molar-refractivity contribution in [3.8, 4) is 5.75 Å². The van der Waals surface area contributed by atoms with E-state index < -0.39 is 12.0 Å². The number of piperidine rings is 1. The standard InChI is InChI=1S/C16H24N2O3/c1-18-9-7-12(8-10-18)11-21-16(19)15(17)13-5-3-4-6-14(13)20-2/h3-6,12,15H,7-11,17H2,1-2H3. The Morgan fingerprint density at radius 2 is 2.05 bits per heavy atom. The molecular formula is C16H24N2O3. The largest absolute Gasteiger partial charge is 0.496 e. The van der Waals surface area contributed by atoms with Crippen LogP contribution in [-0.4, -0.2) is 44.7 Å². The zero-order chi connectivity index (χ0) is 15.2. The number of hydrogen-bond donors (Lipinski definition) is 1. The van der Waals surface area contributed by atoms with Gasteiger partial charge in [-0.25, -0.2) is 4.79 Å². The topological polar surface area (TPSA) is 64.8 Å². The van der Waals surface area contributed by atoms with E-state index in [1.165, 1.54) is 0 Å². The molecule has 0 aliphatic carbocycles. The molecule has 1 fully saturated rings. The molecule has 0 spiro atoms. The molecule has 0 saturated carbocycles. The summed E-state index contributed by atoms with van der Waals surface area (Å²) in [6, 6.07) is 6.47. The normalized spacial score (nSPS) is 18.2. The fourth-order valence-corrected chi connectivity index (χ4v) is 2.57. The highest BCUT2D eigenvalue weighted by molar-refractivity contribution is 5.78. The number of rotatable bonds is 5. The summed E-state index contributed by atoms with van der Waals surface area (Å²) in [4.78, 5) is 14.4. The first-order chi connectivity index (χ1) is 10.1. The van der Waals surface area contributed by atoms with Gasteiger partial charge >= 0.3 is 5.97 Å². The van der Waals surface area contributed by atoms with Crippen LogP contribution in [0.3, 0.4) is 0 Å². The third-order valence-corrected chi connectivity index (χ3v) is 4.03.